The van der Waals surface area contributed by atoms with Crippen molar-refractivity contribution in [2.75, 3.05) is 19.5 Å². The second-order valence-corrected chi connectivity index (χ2v) is 7.41. The number of nitrogens with zero attached hydrogens (tertiary/aromatic N) is 1. The lowest BCUT2D eigenvalue weighted by Gasteiger charge is -2.28. The molecular formula is C20H19BrN4O6. The minimum atomic E-state index is -0.898. The summed E-state index contributed by atoms with van der Waals surface area (Å²) in [4.78, 5) is 36.0. The van der Waals surface area contributed by atoms with E-state index in [1.807, 2.05) is 0 Å². The Hall–Kier alpha value is -3.60. The fourth-order valence-corrected chi connectivity index (χ4v) is 3.58. The Morgan fingerprint density at radius 2 is 1.94 bits per heavy atom. The van der Waals surface area contributed by atoms with Crippen LogP contribution in [0.2, 0.25) is 0 Å². The summed E-state index contributed by atoms with van der Waals surface area (Å²) in [5.41, 5.74) is 1.12. The van der Waals surface area contributed by atoms with E-state index >= 15 is 0 Å². The van der Waals surface area contributed by atoms with Crippen molar-refractivity contribution < 1.29 is 24.0 Å². The van der Waals surface area contributed by atoms with E-state index in [9.17, 15) is 19.7 Å². The fourth-order valence-electron chi connectivity index (χ4n) is 3.19. The SMILES string of the molecule is COc1ccc(NC(=O)C2=C(C)NC(=O)NC2c2ccc(Br)c([N+](=O)[O-])c2)c(OC)c1. The number of amides is 3. The van der Waals surface area contributed by atoms with Crippen LogP contribution in [-0.2, 0) is 4.79 Å². The number of hydrogen-bond acceptors (Lipinski definition) is 6. The fraction of sp³-hybridized carbons (Fsp3) is 0.200. The van der Waals surface area contributed by atoms with Gasteiger partial charge in [-0.15, -0.1) is 0 Å². The number of ether oxygens (including phenoxy) is 2. The summed E-state index contributed by atoms with van der Waals surface area (Å²) in [5, 5.41) is 19.3. The van der Waals surface area contributed by atoms with E-state index in [1.165, 1.54) is 26.4 Å². The van der Waals surface area contributed by atoms with Gasteiger partial charge in [-0.3, -0.25) is 14.9 Å². The van der Waals surface area contributed by atoms with Gasteiger partial charge in [-0.1, -0.05) is 6.07 Å². The molecule has 3 amide bonds. The molecule has 0 radical (unpaired) electrons. The summed E-state index contributed by atoms with van der Waals surface area (Å²) in [6.07, 6.45) is 0. The first-order valence-corrected chi connectivity index (χ1v) is 9.80. The Bertz CT molecular complexity index is 1100. The van der Waals surface area contributed by atoms with Crippen molar-refractivity contribution >= 4 is 39.2 Å². The summed E-state index contributed by atoms with van der Waals surface area (Å²) < 4.78 is 10.8. The molecular weight excluding hydrogens is 472 g/mol. The number of methoxy groups -OCH3 is 2. The number of allylic oxidation sites excluding steroid dienone is 1. The zero-order valence-electron chi connectivity index (χ0n) is 16.8. The highest BCUT2D eigenvalue weighted by atomic mass is 79.9. The van der Waals surface area contributed by atoms with Crippen molar-refractivity contribution in [1.29, 1.82) is 0 Å². The maximum atomic E-state index is 13.2. The molecule has 10 nitrogen and oxygen atoms in total. The number of carbonyl (C=O) groups is 2. The van der Waals surface area contributed by atoms with Crippen LogP contribution in [0, 0.1) is 10.1 Å². The van der Waals surface area contributed by atoms with Crippen LogP contribution in [0.1, 0.15) is 18.5 Å². The lowest BCUT2D eigenvalue weighted by Crippen LogP contribution is -2.46. The van der Waals surface area contributed by atoms with E-state index < -0.39 is 22.9 Å². The van der Waals surface area contributed by atoms with Crippen molar-refractivity contribution in [3.8, 4) is 11.5 Å². The molecule has 0 fully saturated rings. The minimum Gasteiger partial charge on any atom is -0.497 e. The molecule has 0 saturated heterocycles. The van der Waals surface area contributed by atoms with E-state index in [4.69, 9.17) is 9.47 Å². The number of nitro groups is 1. The van der Waals surface area contributed by atoms with Crippen molar-refractivity contribution in [3.63, 3.8) is 0 Å². The average molecular weight is 491 g/mol. The molecule has 11 heteroatoms. The number of hydrogen-bond donors (Lipinski definition) is 3. The summed E-state index contributed by atoms with van der Waals surface area (Å²) in [6.45, 7) is 1.58. The summed E-state index contributed by atoms with van der Waals surface area (Å²) in [6, 6.07) is 7.90. The van der Waals surface area contributed by atoms with E-state index in [-0.39, 0.29) is 15.7 Å². The maximum Gasteiger partial charge on any atom is 0.319 e. The summed E-state index contributed by atoms with van der Waals surface area (Å²) >= 11 is 3.14. The standard InChI is InChI=1S/C20H19BrN4O6/c1-10-17(19(26)23-14-7-5-12(30-2)9-16(14)31-3)18(24-20(27)22-10)11-4-6-13(21)15(8-11)25(28)29/h4-9,18H,1-3H3,(H,23,26)(H2,22,24,27). The van der Waals surface area contributed by atoms with Gasteiger partial charge in [0, 0.05) is 17.8 Å². The lowest BCUT2D eigenvalue weighted by molar-refractivity contribution is -0.385. The number of nitro benzene ring substituents is 1. The normalized spacial score (nSPS) is 15.6. The third kappa shape index (κ3) is 4.61. The summed E-state index contributed by atoms with van der Waals surface area (Å²) in [7, 11) is 2.97. The molecule has 3 N–H and O–H groups in total. The van der Waals surface area contributed by atoms with Gasteiger partial charge >= 0.3 is 6.03 Å². The molecule has 3 rings (SSSR count). The van der Waals surface area contributed by atoms with Gasteiger partial charge < -0.3 is 25.4 Å². The van der Waals surface area contributed by atoms with E-state index in [0.29, 0.717) is 28.4 Å². The zero-order valence-corrected chi connectivity index (χ0v) is 18.4. The first-order valence-electron chi connectivity index (χ1n) is 9.00. The Balaban J connectivity index is 2.00. The van der Waals surface area contributed by atoms with E-state index in [1.54, 1.807) is 31.2 Å². The van der Waals surface area contributed by atoms with Crippen LogP contribution < -0.4 is 25.4 Å². The molecule has 0 saturated carbocycles. The highest BCUT2D eigenvalue weighted by molar-refractivity contribution is 9.10. The highest BCUT2D eigenvalue weighted by Crippen LogP contribution is 2.34. The predicted molar refractivity (Wildman–Crippen MR) is 116 cm³/mol. The van der Waals surface area contributed by atoms with Gasteiger partial charge in [-0.05, 0) is 46.6 Å². The quantitative estimate of drug-likeness (QED) is 0.418. The molecule has 1 aliphatic rings. The number of halogens is 1. The lowest BCUT2D eigenvalue weighted by atomic mass is 9.94. The second-order valence-electron chi connectivity index (χ2n) is 6.56. The largest absolute Gasteiger partial charge is 0.497 e. The van der Waals surface area contributed by atoms with Crippen LogP contribution in [-0.4, -0.2) is 31.1 Å². The molecule has 162 valence electrons. The average Bonchev–Trinajstić information content (AvgIpc) is 2.73. The Kier molecular flexibility index (Phi) is 6.44. The van der Waals surface area contributed by atoms with Crippen LogP contribution in [0.3, 0.4) is 0 Å². The third-order valence-electron chi connectivity index (χ3n) is 4.67. The summed E-state index contributed by atoms with van der Waals surface area (Å²) in [5.74, 6) is 0.426. The minimum absolute atomic E-state index is 0.181. The van der Waals surface area contributed by atoms with Gasteiger partial charge in [0.1, 0.15) is 11.5 Å². The van der Waals surface area contributed by atoms with Crippen LogP contribution in [0.25, 0.3) is 0 Å². The van der Waals surface area contributed by atoms with Crippen molar-refractivity contribution in [2.45, 2.75) is 13.0 Å². The Labute approximate surface area is 185 Å². The molecule has 1 atom stereocenters. The zero-order chi connectivity index (χ0) is 22.7. The van der Waals surface area contributed by atoms with Gasteiger partial charge in [-0.25, -0.2) is 4.79 Å². The number of benzene rings is 2. The van der Waals surface area contributed by atoms with Gasteiger partial charge in [-0.2, -0.15) is 0 Å². The van der Waals surface area contributed by atoms with E-state index in [0.717, 1.165) is 0 Å². The molecule has 2 aromatic rings. The number of rotatable bonds is 6. The van der Waals surface area contributed by atoms with Crippen LogP contribution >= 0.6 is 15.9 Å². The third-order valence-corrected chi connectivity index (χ3v) is 5.34. The van der Waals surface area contributed by atoms with Crippen molar-refractivity contribution in [2.24, 2.45) is 0 Å². The molecule has 0 aliphatic carbocycles. The van der Waals surface area contributed by atoms with Crippen LogP contribution in [0.15, 0.2) is 52.1 Å². The molecule has 2 aromatic carbocycles. The van der Waals surface area contributed by atoms with Gasteiger partial charge in [0.2, 0.25) is 0 Å². The second kappa shape index (κ2) is 9.04. The van der Waals surface area contributed by atoms with Crippen molar-refractivity contribution in [1.82, 2.24) is 10.6 Å². The number of anilines is 1. The highest BCUT2D eigenvalue weighted by Gasteiger charge is 2.32. The Morgan fingerprint density at radius 3 is 2.58 bits per heavy atom. The van der Waals surface area contributed by atoms with Crippen molar-refractivity contribution in [3.05, 3.63) is 67.8 Å². The van der Waals surface area contributed by atoms with Crippen LogP contribution in [0.5, 0.6) is 11.5 Å². The van der Waals surface area contributed by atoms with Crippen LogP contribution in [0.4, 0.5) is 16.2 Å². The molecule has 0 spiro atoms. The number of carbonyl (C=O) groups excluding carboxylic acids is 2. The molecule has 1 aliphatic heterocycles. The van der Waals surface area contributed by atoms with Gasteiger partial charge in [0.15, 0.2) is 0 Å². The monoisotopic (exact) mass is 490 g/mol. The molecule has 0 bridgehead atoms. The molecule has 1 heterocycles. The van der Waals surface area contributed by atoms with Gasteiger partial charge in [0.25, 0.3) is 11.6 Å². The Morgan fingerprint density at radius 1 is 1.19 bits per heavy atom. The molecule has 0 aromatic heterocycles. The number of nitrogens with one attached hydrogen (secondary N) is 3. The first kappa shape index (κ1) is 22.1. The van der Waals surface area contributed by atoms with Gasteiger partial charge in [0.05, 0.1) is 40.9 Å². The number of urea groups is 1. The molecule has 1 unspecified atom stereocenters. The topological polar surface area (TPSA) is 132 Å². The maximum absolute atomic E-state index is 13.2. The molecule has 31 heavy (non-hydrogen) atoms. The first-order chi connectivity index (χ1) is 14.7. The predicted octanol–water partition coefficient (Wildman–Crippen LogP) is 3.64. The smallest absolute Gasteiger partial charge is 0.319 e. The van der Waals surface area contributed by atoms with E-state index in [2.05, 4.69) is 31.9 Å².